The van der Waals surface area contributed by atoms with Crippen LogP contribution in [0.5, 0.6) is 0 Å². The van der Waals surface area contributed by atoms with Crippen LogP contribution in [0.25, 0.3) is 0 Å². The highest BCUT2D eigenvalue weighted by Gasteiger charge is 2.11. The van der Waals surface area contributed by atoms with Gasteiger partial charge in [-0.2, -0.15) is 0 Å². The Bertz CT molecular complexity index is 746. The van der Waals surface area contributed by atoms with Gasteiger partial charge in [-0.1, -0.05) is 24.3 Å². The second kappa shape index (κ2) is 6.10. The van der Waals surface area contributed by atoms with Gasteiger partial charge in [-0.25, -0.2) is 13.2 Å². The molecule has 0 amide bonds. The first-order chi connectivity index (χ1) is 9.88. The van der Waals surface area contributed by atoms with E-state index in [0.29, 0.717) is 5.56 Å². The minimum atomic E-state index is -3.26. The number of carbonyl (C=O) groups is 1. The van der Waals surface area contributed by atoms with Gasteiger partial charge >= 0.3 is 5.97 Å². The minimum absolute atomic E-state index is 0.179. The van der Waals surface area contributed by atoms with E-state index in [9.17, 15) is 13.2 Å². The lowest BCUT2D eigenvalue weighted by Crippen LogP contribution is -2.06. The number of rotatable bonds is 4. The van der Waals surface area contributed by atoms with E-state index in [1.807, 2.05) is 31.2 Å². The monoisotopic (exact) mass is 304 g/mol. The summed E-state index contributed by atoms with van der Waals surface area (Å²) in [5, 5.41) is 0. The van der Waals surface area contributed by atoms with Gasteiger partial charge in [-0.15, -0.1) is 0 Å². The summed E-state index contributed by atoms with van der Waals surface area (Å²) in [7, 11) is -3.26. The van der Waals surface area contributed by atoms with Gasteiger partial charge in [-0.3, -0.25) is 0 Å². The highest BCUT2D eigenvalue weighted by atomic mass is 32.2. The van der Waals surface area contributed by atoms with E-state index in [-0.39, 0.29) is 11.5 Å². The second-order valence-electron chi connectivity index (χ2n) is 4.80. The lowest BCUT2D eigenvalue weighted by molar-refractivity contribution is 0.0472. The summed E-state index contributed by atoms with van der Waals surface area (Å²) in [5.41, 5.74) is 2.33. The highest BCUT2D eigenvalue weighted by Crippen LogP contribution is 2.13. The highest BCUT2D eigenvalue weighted by molar-refractivity contribution is 7.90. The normalized spacial score (nSPS) is 11.1. The Morgan fingerprint density at radius 1 is 1.05 bits per heavy atom. The maximum absolute atomic E-state index is 11.9. The van der Waals surface area contributed by atoms with Crippen LogP contribution in [0, 0.1) is 6.92 Å². The van der Waals surface area contributed by atoms with Crippen molar-refractivity contribution in [1.82, 2.24) is 0 Å². The van der Waals surface area contributed by atoms with Gasteiger partial charge < -0.3 is 4.74 Å². The summed E-state index contributed by atoms with van der Waals surface area (Å²) in [6.07, 6.45) is 1.12. The first-order valence-corrected chi connectivity index (χ1v) is 8.29. The summed E-state index contributed by atoms with van der Waals surface area (Å²) in [6, 6.07) is 13.4. The van der Waals surface area contributed by atoms with E-state index in [0.717, 1.165) is 17.4 Å². The van der Waals surface area contributed by atoms with Crippen LogP contribution < -0.4 is 0 Å². The third-order valence-electron chi connectivity index (χ3n) is 3.14. The van der Waals surface area contributed by atoms with Crippen LogP contribution in [-0.2, 0) is 21.2 Å². The largest absolute Gasteiger partial charge is 0.457 e. The lowest BCUT2D eigenvalue weighted by atomic mass is 10.1. The van der Waals surface area contributed by atoms with Gasteiger partial charge in [0.2, 0.25) is 0 Å². The first-order valence-electron chi connectivity index (χ1n) is 6.39. The number of ether oxygens (including phenoxy) is 1. The average molecular weight is 304 g/mol. The van der Waals surface area contributed by atoms with Crippen molar-refractivity contribution in [2.24, 2.45) is 0 Å². The van der Waals surface area contributed by atoms with E-state index < -0.39 is 15.8 Å². The van der Waals surface area contributed by atoms with Gasteiger partial charge in [0.05, 0.1) is 10.5 Å². The van der Waals surface area contributed by atoms with Crippen molar-refractivity contribution in [3.05, 3.63) is 65.2 Å². The van der Waals surface area contributed by atoms with Crippen LogP contribution in [-0.4, -0.2) is 20.6 Å². The zero-order valence-corrected chi connectivity index (χ0v) is 12.7. The molecular weight excluding hydrogens is 288 g/mol. The lowest BCUT2D eigenvalue weighted by Gasteiger charge is -2.07. The van der Waals surface area contributed by atoms with Crippen LogP contribution in [0.2, 0.25) is 0 Å². The molecule has 0 spiro atoms. The molecule has 0 atom stereocenters. The molecule has 0 saturated heterocycles. The SMILES string of the molecule is Cc1ccccc1COC(=O)c1ccc(S(C)(=O)=O)cc1. The zero-order chi connectivity index (χ0) is 15.5. The number of aryl methyl sites for hydroxylation is 1. The Labute approximate surface area is 124 Å². The average Bonchev–Trinajstić information content (AvgIpc) is 2.45. The molecular formula is C16H16O4S. The van der Waals surface area contributed by atoms with Crippen molar-refractivity contribution < 1.29 is 17.9 Å². The Balaban J connectivity index is 2.06. The summed E-state index contributed by atoms with van der Waals surface area (Å²) in [4.78, 5) is 12.1. The van der Waals surface area contributed by atoms with Crippen molar-refractivity contribution >= 4 is 15.8 Å². The Morgan fingerprint density at radius 3 is 2.24 bits per heavy atom. The first kappa shape index (κ1) is 15.3. The zero-order valence-electron chi connectivity index (χ0n) is 11.9. The Morgan fingerprint density at radius 2 is 1.67 bits per heavy atom. The number of sulfone groups is 1. The molecule has 2 rings (SSSR count). The van der Waals surface area contributed by atoms with Crippen LogP contribution in [0.3, 0.4) is 0 Å². The molecule has 0 unspecified atom stereocenters. The second-order valence-corrected chi connectivity index (χ2v) is 6.81. The maximum atomic E-state index is 11.9. The van der Waals surface area contributed by atoms with Crippen LogP contribution in [0.4, 0.5) is 0 Å². The predicted octanol–water partition coefficient (Wildman–Crippen LogP) is 2.76. The summed E-state index contributed by atoms with van der Waals surface area (Å²) in [5.74, 6) is -0.474. The molecule has 0 radical (unpaired) electrons. The van der Waals surface area contributed by atoms with Crippen molar-refractivity contribution in [2.75, 3.05) is 6.26 Å². The molecule has 0 saturated carbocycles. The number of carbonyl (C=O) groups excluding carboxylic acids is 1. The molecule has 4 nitrogen and oxygen atoms in total. The molecule has 0 N–H and O–H groups in total. The van der Waals surface area contributed by atoms with E-state index >= 15 is 0 Å². The van der Waals surface area contributed by atoms with Gasteiger partial charge in [0.25, 0.3) is 0 Å². The quantitative estimate of drug-likeness (QED) is 0.815. The third kappa shape index (κ3) is 3.92. The number of esters is 1. The predicted molar refractivity (Wildman–Crippen MR) is 79.9 cm³/mol. The molecule has 0 aliphatic rings. The van der Waals surface area contributed by atoms with Crippen LogP contribution in [0.15, 0.2) is 53.4 Å². The van der Waals surface area contributed by atoms with Gasteiger partial charge in [0, 0.05) is 6.26 Å². The molecule has 5 heteroatoms. The van der Waals surface area contributed by atoms with E-state index in [4.69, 9.17) is 4.74 Å². The van der Waals surface area contributed by atoms with Crippen LogP contribution >= 0.6 is 0 Å². The number of benzene rings is 2. The summed E-state index contributed by atoms with van der Waals surface area (Å²) < 4.78 is 27.9. The molecule has 0 aliphatic carbocycles. The van der Waals surface area contributed by atoms with E-state index in [1.54, 1.807) is 0 Å². The topological polar surface area (TPSA) is 60.4 Å². The number of hydrogen-bond acceptors (Lipinski definition) is 4. The van der Waals surface area contributed by atoms with Crippen molar-refractivity contribution in [1.29, 1.82) is 0 Å². The van der Waals surface area contributed by atoms with Gasteiger partial charge in [0.1, 0.15) is 6.61 Å². The van der Waals surface area contributed by atoms with Crippen molar-refractivity contribution in [3.8, 4) is 0 Å². The summed E-state index contributed by atoms with van der Waals surface area (Å²) in [6.45, 7) is 2.14. The Kier molecular flexibility index (Phi) is 4.43. The Hall–Kier alpha value is -2.14. The van der Waals surface area contributed by atoms with E-state index in [1.165, 1.54) is 24.3 Å². The molecule has 2 aromatic carbocycles. The van der Waals surface area contributed by atoms with Gasteiger partial charge in [0.15, 0.2) is 9.84 Å². The molecule has 21 heavy (non-hydrogen) atoms. The summed E-state index contributed by atoms with van der Waals surface area (Å²) >= 11 is 0. The molecule has 0 bridgehead atoms. The van der Waals surface area contributed by atoms with Crippen molar-refractivity contribution in [3.63, 3.8) is 0 Å². The minimum Gasteiger partial charge on any atom is -0.457 e. The fourth-order valence-electron chi connectivity index (χ4n) is 1.84. The number of hydrogen-bond donors (Lipinski definition) is 0. The molecule has 0 heterocycles. The molecule has 0 fully saturated rings. The standard InChI is InChI=1S/C16H16O4S/c1-12-5-3-4-6-14(12)11-20-16(17)13-7-9-15(10-8-13)21(2,18)19/h3-10H,11H2,1-2H3. The van der Waals surface area contributed by atoms with Crippen molar-refractivity contribution in [2.45, 2.75) is 18.4 Å². The van der Waals surface area contributed by atoms with Gasteiger partial charge in [-0.05, 0) is 42.3 Å². The third-order valence-corrected chi connectivity index (χ3v) is 4.27. The fourth-order valence-corrected chi connectivity index (χ4v) is 2.47. The van der Waals surface area contributed by atoms with Crippen LogP contribution in [0.1, 0.15) is 21.5 Å². The molecule has 110 valence electrons. The van der Waals surface area contributed by atoms with E-state index in [2.05, 4.69) is 0 Å². The maximum Gasteiger partial charge on any atom is 0.338 e. The molecule has 0 aromatic heterocycles. The fraction of sp³-hybridized carbons (Fsp3) is 0.188. The molecule has 2 aromatic rings. The smallest absolute Gasteiger partial charge is 0.338 e. The molecule has 0 aliphatic heterocycles.